The Kier molecular flexibility index (Phi) is 3.75. The molecule has 0 amide bonds. The van der Waals surface area contributed by atoms with E-state index < -0.39 is 0 Å². The van der Waals surface area contributed by atoms with Gasteiger partial charge in [0.1, 0.15) is 0 Å². The van der Waals surface area contributed by atoms with Crippen LogP contribution in [-0.2, 0) is 11.3 Å². The number of methoxy groups -OCH3 is 1. The van der Waals surface area contributed by atoms with Gasteiger partial charge in [-0.15, -0.1) is 5.10 Å². The fourth-order valence-electron chi connectivity index (χ4n) is 2.58. The minimum absolute atomic E-state index is 0.185. The molecular weight excluding hydrogens is 326 g/mol. The first-order chi connectivity index (χ1) is 11.7. The summed E-state index contributed by atoms with van der Waals surface area (Å²) in [6.45, 7) is 1.50. The molecule has 4 rings (SSSR count). The van der Waals surface area contributed by atoms with Gasteiger partial charge >= 0.3 is 0 Å². The average Bonchev–Trinajstić information content (AvgIpc) is 3.17. The fourth-order valence-corrected chi connectivity index (χ4v) is 3.38. The van der Waals surface area contributed by atoms with Gasteiger partial charge in [-0.1, -0.05) is 11.3 Å². The van der Waals surface area contributed by atoms with E-state index in [0.29, 0.717) is 16.7 Å². The van der Waals surface area contributed by atoms with Crippen LogP contribution in [0.3, 0.4) is 0 Å². The number of hydrogen-bond donors (Lipinski definition) is 1. The first-order valence-corrected chi connectivity index (χ1v) is 8.26. The van der Waals surface area contributed by atoms with Gasteiger partial charge in [0, 0.05) is 48.7 Å². The third kappa shape index (κ3) is 2.66. The number of aromatic nitrogens is 4. The summed E-state index contributed by atoms with van der Waals surface area (Å²) in [7, 11) is 1.70. The predicted molar refractivity (Wildman–Crippen MR) is 94.2 cm³/mol. The molecule has 8 heteroatoms. The maximum atomic E-state index is 11.7. The van der Waals surface area contributed by atoms with Crippen LogP contribution in [0, 0.1) is 0 Å². The Hall–Kier alpha value is -2.71. The van der Waals surface area contributed by atoms with E-state index in [1.165, 1.54) is 28.1 Å². The Morgan fingerprint density at radius 1 is 1.29 bits per heavy atom. The lowest BCUT2D eigenvalue weighted by atomic mass is 10.2. The molecule has 4 aromatic rings. The number of benzene rings is 1. The fraction of sp³-hybridized carbons (Fsp3) is 0.188. The molecule has 122 valence electrons. The van der Waals surface area contributed by atoms with E-state index in [0.717, 1.165) is 23.1 Å². The summed E-state index contributed by atoms with van der Waals surface area (Å²) in [5.74, 6) is 0. The molecule has 0 aliphatic carbocycles. The molecule has 0 fully saturated rings. The predicted octanol–water partition coefficient (Wildman–Crippen LogP) is 2.50. The Labute approximate surface area is 141 Å². The molecule has 0 aliphatic heterocycles. The van der Waals surface area contributed by atoms with Gasteiger partial charge in [0.2, 0.25) is 10.1 Å². The maximum Gasteiger partial charge on any atom is 0.275 e. The van der Waals surface area contributed by atoms with Gasteiger partial charge in [-0.2, -0.15) is 4.52 Å². The van der Waals surface area contributed by atoms with E-state index in [9.17, 15) is 4.79 Å². The lowest BCUT2D eigenvalue weighted by Crippen LogP contribution is -2.12. The molecule has 1 N–H and O–H groups in total. The number of hydrogen-bond acceptors (Lipinski definition) is 6. The summed E-state index contributed by atoms with van der Waals surface area (Å²) < 4.78 is 8.59. The summed E-state index contributed by atoms with van der Waals surface area (Å²) in [6, 6.07) is 9.58. The molecule has 0 spiro atoms. The number of ether oxygens (including phenoxy) is 1. The van der Waals surface area contributed by atoms with Crippen molar-refractivity contribution in [3.05, 3.63) is 53.1 Å². The van der Waals surface area contributed by atoms with Crippen molar-refractivity contribution < 1.29 is 4.74 Å². The van der Waals surface area contributed by atoms with E-state index in [-0.39, 0.29) is 5.56 Å². The first-order valence-electron chi connectivity index (χ1n) is 7.44. The number of fused-ring (bicyclic) bond motifs is 2. The van der Waals surface area contributed by atoms with Crippen molar-refractivity contribution in [2.24, 2.45) is 0 Å². The van der Waals surface area contributed by atoms with Crippen LogP contribution in [0.2, 0.25) is 0 Å². The van der Waals surface area contributed by atoms with Gasteiger partial charge in [-0.05, 0) is 24.3 Å². The van der Waals surface area contributed by atoms with Crippen LogP contribution in [0.1, 0.15) is 0 Å². The zero-order chi connectivity index (χ0) is 16.5. The highest BCUT2D eigenvalue weighted by molar-refractivity contribution is 7.20. The van der Waals surface area contributed by atoms with Crippen LogP contribution >= 0.6 is 11.3 Å². The molecule has 0 saturated heterocycles. The smallest absolute Gasteiger partial charge is 0.275 e. The summed E-state index contributed by atoms with van der Waals surface area (Å²) in [5.41, 5.74) is 1.88. The third-order valence-electron chi connectivity index (χ3n) is 3.73. The van der Waals surface area contributed by atoms with Crippen molar-refractivity contribution in [1.29, 1.82) is 0 Å². The van der Waals surface area contributed by atoms with Crippen molar-refractivity contribution in [1.82, 2.24) is 19.2 Å². The molecule has 1 aromatic carbocycles. The molecule has 0 aliphatic rings. The molecule has 3 aromatic heterocycles. The number of nitrogens with one attached hydrogen (secondary N) is 1. The molecule has 0 radical (unpaired) electrons. The lowest BCUT2D eigenvalue weighted by molar-refractivity contribution is 0.188. The highest BCUT2D eigenvalue weighted by Crippen LogP contribution is 2.25. The van der Waals surface area contributed by atoms with Crippen molar-refractivity contribution in [3.8, 4) is 0 Å². The topological polar surface area (TPSA) is 73.4 Å². The summed E-state index contributed by atoms with van der Waals surface area (Å²) >= 11 is 1.34. The molecule has 0 bridgehead atoms. The van der Waals surface area contributed by atoms with E-state index in [1.807, 2.05) is 6.07 Å². The number of rotatable bonds is 5. The average molecular weight is 341 g/mol. The summed E-state index contributed by atoms with van der Waals surface area (Å²) in [6.07, 6.45) is 3.54. The summed E-state index contributed by atoms with van der Waals surface area (Å²) in [4.78, 5) is 16.5. The monoisotopic (exact) mass is 341 g/mol. The maximum absolute atomic E-state index is 11.7. The van der Waals surface area contributed by atoms with Crippen LogP contribution in [0.5, 0.6) is 0 Å². The summed E-state index contributed by atoms with van der Waals surface area (Å²) in [5, 5.41) is 9.26. The highest BCUT2D eigenvalue weighted by atomic mass is 32.1. The van der Waals surface area contributed by atoms with Gasteiger partial charge < -0.3 is 14.6 Å². The molecule has 3 heterocycles. The largest absolute Gasteiger partial charge is 0.383 e. The Balaban J connectivity index is 1.64. The molecule has 24 heavy (non-hydrogen) atoms. The van der Waals surface area contributed by atoms with Crippen LogP contribution < -0.4 is 10.9 Å². The second kappa shape index (κ2) is 6.06. The Morgan fingerprint density at radius 3 is 3.04 bits per heavy atom. The molecular formula is C16H15N5O2S. The number of nitrogens with zero attached hydrogens (tertiary/aromatic N) is 4. The zero-order valence-corrected chi connectivity index (χ0v) is 13.8. The van der Waals surface area contributed by atoms with Crippen molar-refractivity contribution in [3.63, 3.8) is 0 Å². The van der Waals surface area contributed by atoms with Crippen LogP contribution in [0.4, 0.5) is 10.8 Å². The molecule has 7 nitrogen and oxygen atoms in total. The van der Waals surface area contributed by atoms with Gasteiger partial charge in [0.15, 0.2) is 0 Å². The van der Waals surface area contributed by atoms with Crippen molar-refractivity contribution in [2.75, 3.05) is 19.0 Å². The van der Waals surface area contributed by atoms with Gasteiger partial charge in [0.05, 0.1) is 6.61 Å². The van der Waals surface area contributed by atoms with Gasteiger partial charge in [-0.25, -0.2) is 4.98 Å². The SMILES string of the molecule is COCCn1ccc2cc(Nc3nn4c(=O)ccnc4s3)ccc21. The normalized spacial score (nSPS) is 11.4. The number of anilines is 2. The Bertz CT molecular complexity index is 1070. The first kappa shape index (κ1) is 14.9. The minimum atomic E-state index is -0.185. The van der Waals surface area contributed by atoms with E-state index in [2.05, 4.69) is 44.4 Å². The molecule has 0 saturated carbocycles. The molecule has 0 atom stereocenters. The molecule has 0 unspecified atom stereocenters. The van der Waals surface area contributed by atoms with E-state index >= 15 is 0 Å². The van der Waals surface area contributed by atoms with Gasteiger partial charge in [-0.3, -0.25) is 4.79 Å². The zero-order valence-electron chi connectivity index (χ0n) is 13.0. The van der Waals surface area contributed by atoms with Crippen LogP contribution in [-0.4, -0.2) is 32.9 Å². The quantitative estimate of drug-likeness (QED) is 0.604. The van der Waals surface area contributed by atoms with Crippen LogP contribution in [0.25, 0.3) is 15.9 Å². The van der Waals surface area contributed by atoms with Crippen molar-refractivity contribution >= 4 is 38.0 Å². The minimum Gasteiger partial charge on any atom is -0.383 e. The standard InChI is InChI=1S/C16H15N5O2S/c1-23-9-8-20-7-5-11-10-12(2-3-13(11)20)18-15-19-21-14(22)4-6-17-16(21)24-15/h2-7,10H,8-9H2,1H3,(H,18,19). The van der Waals surface area contributed by atoms with E-state index in [1.54, 1.807) is 7.11 Å². The lowest BCUT2D eigenvalue weighted by Gasteiger charge is -2.06. The van der Waals surface area contributed by atoms with Crippen LogP contribution in [0.15, 0.2) is 47.5 Å². The Morgan fingerprint density at radius 2 is 2.21 bits per heavy atom. The second-order valence-corrected chi connectivity index (χ2v) is 6.24. The third-order valence-corrected chi connectivity index (χ3v) is 4.57. The van der Waals surface area contributed by atoms with Crippen molar-refractivity contribution in [2.45, 2.75) is 6.54 Å². The second-order valence-electron chi connectivity index (χ2n) is 5.29. The van der Waals surface area contributed by atoms with E-state index in [4.69, 9.17) is 4.74 Å². The van der Waals surface area contributed by atoms with Gasteiger partial charge in [0.25, 0.3) is 5.56 Å². The highest BCUT2D eigenvalue weighted by Gasteiger charge is 2.07.